The number of nitrogens with zero attached hydrogens (tertiary/aromatic N) is 3. The molecular formula is C12H17N5O. The van der Waals surface area contributed by atoms with Crippen LogP contribution in [-0.2, 0) is 4.79 Å². The Bertz CT molecular complexity index is 534. The number of hydrogen-bond acceptors (Lipinski definition) is 4. The van der Waals surface area contributed by atoms with E-state index in [1.165, 1.54) is 0 Å². The number of fused-ring (bicyclic) bond motifs is 1. The topological polar surface area (TPSA) is 71.3 Å². The highest BCUT2D eigenvalue weighted by Gasteiger charge is 2.05. The molecule has 0 aliphatic heterocycles. The van der Waals surface area contributed by atoms with Crippen LogP contribution in [0.1, 0.15) is 20.3 Å². The van der Waals surface area contributed by atoms with Crippen LogP contribution in [0.15, 0.2) is 24.7 Å². The minimum Gasteiger partial charge on any atom is -0.368 e. The maximum absolute atomic E-state index is 11.5. The molecule has 0 bridgehead atoms. The van der Waals surface area contributed by atoms with Gasteiger partial charge in [0.1, 0.15) is 5.52 Å². The van der Waals surface area contributed by atoms with Crippen LogP contribution >= 0.6 is 0 Å². The van der Waals surface area contributed by atoms with Crippen LogP contribution < -0.4 is 10.6 Å². The largest absolute Gasteiger partial charge is 0.368 e. The third-order valence-electron chi connectivity index (χ3n) is 2.42. The van der Waals surface area contributed by atoms with Crippen molar-refractivity contribution < 1.29 is 4.79 Å². The standard InChI is InChI=1S/C12H17N5O/c1-9(2)16-11(18)4-5-13-12-10-3-6-15-17(10)8-7-14-12/h3,6-9H,4-5H2,1-2H3,(H,13,14)(H,16,18). The molecule has 0 aliphatic carbocycles. The molecule has 2 N–H and O–H groups in total. The Morgan fingerprint density at radius 3 is 3.06 bits per heavy atom. The molecule has 0 spiro atoms. The van der Waals surface area contributed by atoms with Gasteiger partial charge in [-0.2, -0.15) is 5.10 Å². The monoisotopic (exact) mass is 247 g/mol. The van der Waals surface area contributed by atoms with Gasteiger partial charge in [-0.15, -0.1) is 0 Å². The first-order chi connectivity index (χ1) is 8.66. The van der Waals surface area contributed by atoms with Crippen LogP contribution in [-0.4, -0.2) is 33.1 Å². The number of hydrogen-bond donors (Lipinski definition) is 2. The van der Waals surface area contributed by atoms with Crippen molar-refractivity contribution in [3.8, 4) is 0 Å². The Morgan fingerprint density at radius 1 is 1.44 bits per heavy atom. The summed E-state index contributed by atoms with van der Waals surface area (Å²) in [6, 6.07) is 2.05. The van der Waals surface area contributed by atoms with Crippen molar-refractivity contribution in [1.29, 1.82) is 0 Å². The van der Waals surface area contributed by atoms with Crippen molar-refractivity contribution in [3.63, 3.8) is 0 Å². The molecule has 2 aromatic rings. The zero-order valence-corrected chi connectivity index (χ0v) is 10.6. The van der Waals surface area contributed by atoms with Gasteiger partial charge in [-0.25, -0.2) is 9.50 Å². The molecule has 0 saturated carbocycles. The van der Waals surface area contributed by atoms with Crippen LogP contribution in [0, 0.1) is 0 Å². The van der Waals surface area contributed by atoms with Crippen LogP contribution in [0.25, 0.3) is 5.52 Å². The maximum Gasteiger partial charge on any atom is 0.221 e. The van der Waals surface area contributed by atoms with Crippen LogP contribution in [0.4, 0.5) is 5.82 Å². The van der Waals surface area contributed by atoms with Gasteiger partial charge in [-0.05, 0) is 19.9 Å². The SMILES string of the molecule is CC(C)NC(=O)CCNc1nccn2nccc12. The molecule has 0 unspecified atom stereocenters. The predicted molar refractivity (Wildman–Crippen MR) is 69.4 cm³/mol. The number of nitrogens with one attached hydrogen (secondary N) is 2. The second-order valence-electron chi connectivity index (χ2n) is 4.34. The number of amides is 1. The summed E-state index contributed by atoms with van der Waals surface area (Å²) in [7, 11) is 0. The number of rotatable bonds is 5. The van der Waals surface area contributed by atoms with E-state index in [9.17, 15) is 4.79 Å². The van der Waals surface area contributed by atoms with Gasteiger partial charge in [0, 0.05) is 31.4 Å². The van der Waals surface area contributed by atoms with Crippen molar-refractivity contribution in [1.82, 2.24) is 19.9 Å². The molecule has 0 atom stereocenters. The lowest BCUT2D eigenvalue weighted by Gasteiger charge is -2.09. The molecule has 0 aromatic carbocycles. The molecule has 2 rings (SSSR count). The number of aromatic nitrogens is 3. The zero-order valence-electron chi connectivity index (χ0n) is 10.6. The molecule has 6 heteroatoms. The molecule has 2 aromatic heterocycles. The highest BCUT2D eigenvalue weighted by molar-refractivity contribution is 5.77. The molecule has 0 aliphatic rings. The lowest BCUT2D eigenvalue weighted by molar-refractivity contribution is -0.121. The molecule has 6 nitrogen and oxygen atoms in total. The summed E-state index contributed by atoms with van der Waals surface area (Å²) in [5, 5.41) is 10.1. The molecule has 0 fully saturated rings. The van der Waals surface area contributed by atoms with Gasteiger partial charge in [0.05, 0.1) is 6.20 Å². The first-order valence-electron chi connectivity index (χ1n) is 5.98. The lowest BCUT2D eigenvalue weighted by Crippen LogP contribution is -2.31. The van der Waals surface area contributed by atoms with Gasteiger partial charge < -0.3 is 10.6 Å². The minimum absolute atomic E-state index is 0.0398. The summed E-state index contributed by atoms with van der Waals surface area (Å²) in [6.45, 7) is 4.44. The van der Waals surface area contributed by atoms with E-state index in [0.717, 1.165) is 11.3 Å². The van der Waals surface area contributed by atoms with Gasteiger partial charge >= 0.3 is 0 Å². The van der Waals surface area contributed by atoms with Crippen LogP contribution in [0.2, 0.25) is 0 Å². The van der Waals surface area contributed by atoms with E-state index in [1.807, 2.05) is 19.9 Å². The number of anilines is 1. The molecular weight excluding hydrogens is 230 g/mol. The summed E-state index contributed by atoms with van der Waals surface area (Å²) >= 11 is 0. The Kier molecular flexibility index (Phi) is 3.76. The number of carbonyl (C=O) groups is 1. The van der Waals surface area contributed by atoms with Crippen molar-refractivity contribution >= 4 is 17.2 Å². The van der Waals surface area contributed by atoms with E-state index in [4.69, 9.17) is 0 Å². The second-order valence-corrected chi connectivity index (χ2v) is 4.34. The molecule has 96 valence electrons. The third-order valence-corrected chi connectivity index (χ3v) is 2.42. The fraction of sp³-hybridized carbons (Fsp3) is 0.417. The van der Waals surface area contributed by atoms with E-state index in [-0.39, 0.29) is 11.9 Å². The normalized spacial score (nSPS) is 10.8. The molecule has 0 radical (unpaired) electrons. The quantitative estimate of drug-likeness (QED) is 0.828. The first-order valence-corrected chi connectivity index (χ1v) is 5.98. The zero-order chi connectivity index (χ0) is 13.0. The smallest absolute Gasteiger partial charge is 0.221 e. The summed E-state index contributed by atoms with van der Waals surface area (Å²) in [5.41, 5.74) is 0.904. The van der Waals surface area contributed by atoms with Crippen molar-refractivity contribution in [2.75, 3.05) is 11.9 Å². The van der Waals surface area contributed by atoms with Crippen molar-refractivity contribution in [2.24, 2.45) is 0 Å². The Hall–Kier alpha value is -2.11. The predicted octanol–water partition coefficient (Wildman–Crippen LogP) is 1.06. The van der Waals surface area contributed by atoms with Gasteiger partial charge in [-0.1, -0.05) is 0 Å². The molecule has 1 amide bonds. The summed E-state index contributed by atoms with van der Waals surface area (Å²) in [4.78, 5) is 15.7. The van der Waals surface area contributed by atoms with E-state index < -0.39 is 0 Å². The molecule has 0 saturated heterocycles. The van der Waals surface area contributed by atoms with Gasteiger partial charge in [0.2, 0.25) is 5.91 Å². The van der Waals surface area contributed by atoms with Gasteiger partial charge in [0.15, 0.2) is 5.82 Å². The van der Waals surface area contributed by atoms with E-state index in [2.05, 4.69) is 20.7 Å². The van der Waals surface area contributed by atoms with Gasteiger partial charge in [0.25, 0.3) is 0 Å². The third kappa shape index (κ3) is 2.97. The summed E-state index contributed by atoms with van der Waals surface area (Å²) in [5.74, 6) is 0.783. The molecule has 18 heavy (non-hydrogen) atoms. The van der Waals surface area contributed by atoms with E-state index >= 15 is 0 Å². The van der Waals surface area contributed by atoms with Crippen molar-refractivity contribution in [2.45, 2.75) is 26.3 Å². The Labute approximate surface area is 105 Å². The van der Waals surface area contributed by atoms with Gasteiger partial charge in [-0.3, -0.25) is 4.79 Å². The first kappa shape index (κ1) is 12.3. The highest BCUT2D eigenvalue weighted by Crippen LogP contribution is 2.11. The molecule has 2 heterocycles. The lowest BCUT2D eigenvalue weighted by atomic mass is 10.3. The average Bonchev–Trinajstić information content (AvgIpc) is 2.76. The Morgan fingerprint density at radius 2 is 2.28 bits per heavy atom. The fourth-order valence-electron chi connectivity index (χ4n) is 1.68. The minimum atomic E-state index is 0.0398. The summed E-state index contributed by atoms with van der Waals surface area (Å²) < 4.78 is 1.74. The summed E-state index contributed by atoms with van der Waals surface area (Å²) in [6.07, 6.45) is 5.60. The van der Waals surface area contributed by atoms with Crippen molar-refractivity contribution in [3.05, 3.63) is 24.7 Å². The Balaban J connectivity index is 1.90. The van der Waals surface area contributed by atoms with Crippen LogP contribution in [0.5, 0.6) is 0 Å². The fourth-order valence-corrected chi connectivity index (χ4v) is 1.68. The number of carbonyl (C=O) groups excluding carboxylic acids is 1. The second kappa shape index (κ2) is 5.48. The van der Waals surface area contributed by atoms with E-state index in [0.29, 0.717) is 13.0 Å². The van der Waals surface area contributed by atoms with Crippen LogP contribution in [0.3, 0.4) is 0 Å². The average molecular weight is 247 g/mol. The highest BCUT2D eigenvalue weighted by atomic mass is 16.1. The maximum atomic E-state index is 11.5. The van der Waals surface area contributed by atoms with E-state index in [1.54, 1.807) is 23.1 Å².